The molecule has 0 spiro atoms. The number of benzene rings is 1. The Balaban J connectivity index is 2.36. The lowest BCUT2D eigenvalue weighted by atomic mass is 10.1. The predicted octanol–water partition coefficient (Wildman–Crippen LogP) is 5.27. The Hall–Kier alpha value is -0.860. The summed E-state index contributed by atoms with van der Waals surface area (Å²) >= 11 is 0. The quantitative estimate of drug-likeness (QED) is 0.405. The summed E-state index contributed by atoms with van der Waals surface area (Å²) in [5.41, 5.74) is 1.09. The first-order valence-corrected chi connectivity index (χ1v) is 8.06. The van der Waals surface area contributed by atoms with Gasteiger partial charge in [0.15, 0.2) is 5.79 Å². The van der Waals surface area contributed by atoms with Gasteiger partial charge < -0.3 is 9.47 Å². The third-order valence-corrected chi connectivity index (χ3v) is 3.59. The molecule has 1 aromatic rings. The van der Waals surface area contributed by atoms with Gasteiger partial charge in [-0.25, -0.2) is 0 Å². The molecule has 20 heavy (non-hydrogen) atoms. The Morgan fingerprint density at radius 1 is 0.850 bits per heavy atom. The Morgan fingerprint density at radius 2 is 1.50 bits per heavy atom. The van der Waals surface area contributed by atoms with Gasteiger partial charge in [0.1, 0.15) is 0 Å². The van der Waals surface area contributed by atoms with Crippen molar-refractivity contribution in [2.75, 3.05) is 13.2 Å². The first kappa shape index (κ1) is 17.2. The fraction of sp³-hybridized carbons (Fsp3) is 0.667. The maximum absolute atomic E-state index is 6.04. The van der Waals surface area contributed by atoms with E-state index >= 15 is 0 Å². The van der Waals surface area contributed by atoms with Gasteiger partial charge in [-0.3, -0.25) is 0 Å². The van der Waals surface area contributed by atoms with E-state index in [-0.39, 0.29) is 0 Å². The lowest BCUT2D eigenvalue weighted by Gasteiger charge is -2.30. The van der Waals surface area contributed by atoms with E-state index in [9.17, 15) is 0 Å². The molecule has 0 aromatic heterocycles. The normalized spacial score (nSPS) is 14.2. The zero-order valence-corrected chi connectivity index (χ0v) is 13.4. The van der Waals surface area contributed by atoms with Crippen LogP contribution in [0.5, 0.6) is 0 Å². The van der Waals surface area contributed by atoms with Crippen molar-refractivity contribution in [1.82, 2.24) is 0 Å². The first-order valence-electron chi connectivity index (χ1n) is 8.06. The average Bonchev–Trinajstić information content (AvgIpc) is 2.47. The van der Waals surface area contributed by atoms with Crippen molar-refractivity contribution in [2.45, 2.75) is 65.1 Å². The zero-order valence-electron chi connectivity index (χ0n) is 13.4. The smallest absolute Gasteiger partial charge is 0.191 e. The van der Waals surface area contributed by atoms with Crippen LogP contribution in [0, 0.1) is 0 Å². The number of hydrogen-bond acceptors (Lipinski definition) is 2. The molecule has 0 fully saturated rings. The van der Waals surface area contributed by atoms with Crippen LogP contribution in [0.1, 0.15) is 64.9 Å². The highest BCUT2D eigenvalue weighted by atomic mass is 16.7. The molecular weight excluding hydrogens is 248 g/mol. The van der Waals surface area contributed by atoms with Crippen molar-refractivity contribution in [2.24, 2.45) is 0 Å². The van der Waals surface area contributed by atoms with Crippen LogP contribution in [0.4, 0.5) is 0 Å². The summed E-state index contributed by atoms with van der Waals surface area (Å²) in [4.78, 5) is 0. The third kappa shape index (κ3) is 6.06. The molecule has 1 aromatic carbocycles. The summed E-state index contributed by atoms with van der Waals surface area (Å²) in [6, 6.07) is 10.2. The zero-order chi connectivity index (χ0) is 14.7. The minimum absolute atomic E-state index is 0.612. The van der Waals surface area contributed by atoms with E-state index in [2.05, 4.69) is 19.1 Å². The van der Waals surface area contributed by atoms with Crippen LogP contribution in [0.25, 0.3) is 0 Å². The van der Waals surface area contributed by atoms with E-state index in [0.29, 0.717) is 6.61 Å². The fourth-order valence-electron chi connectivity index (χ4n) is 2.37. The van der Waals surface area contributed by atoms with Crippen LogP contribution >= 0.6 is 0 Å². The highest BCUT2D eigenvalue weighted by Crippen LogP contribution is 2.27. The van der Waals surface area contributed by atoms with Crippen molar-refractivity contribution < 1.29 is 9.47 Å². The standard InChI is InChI=1S/C18H30O2/c1-4-6-7-8-9-13-16-20-18(3,19-5-2)17-14-11-10-12-15-17/h10-12,14-15H,4-9,13,16H2,1-3H3. The second-order valence-corrected chi connectivity index (χ2v) is 5.36. The molecule has 0 heterocycles. The maximum Gasteiger partial charge on any atom is 0.191 e. The molecule has 1 atom stereocenters. The van der Waals surface area contributed by atoms with Gasteiger partial charge in [-0.05, 0) is 20.3 Å². The summed E-state index contributed by atoms with van der Waals surface area (Å²) in [5.74, 6) is -0.612. The van der Waals surface area contributed by atoms with Gasteiger partial charge in [0, 0.05) is 12.2 Å². The molecule has 0 bridgehead atoms. The number of hydrogen-bond donors (Lipinski definition) is 0. The van der Waals surface area contributed by atoms with Crippen LogP contribution < -0.4 is 0 Å². The molecule has 0 N–H and O–H groups in total. The van der Waals surface area contributed by atoms with Crippen LogP contribution in [0.2, 0.25) is 0 Å². The third-order valence-electron chi connectivity index (χ3n) is 3.59. The molecule has 1 unspecified atom stereocenters. The van der Waals surface area contributed by atoms with Crippen molar-refractivity contribution >= 4 is 0 Å². The number of ether oxygens (including phenoxy) is 2. The van der Waals surface area contributed by atoms with Gasteiger partial charge in [0.2, 0.25) is 0 Å². The maximum atomic E-state index is 6.04. The van der Waals surface area contributed by atoms with E-state index in [0.717, 1.165) is 18.6 Å². The van der Waals surface area contributed by atoms with E-state index < -0.39 is 5.79 Å². The van der Waals surface area contributed by atoms with Crippen LogP contribution in [-0.2, 0) is 15.3 Å². The molecular formula is C18H30O2. The Bertz CT molecular complexity index is 337. The van der Waals surface area contributed by atoms with Gasteiger partial charge in [-0.15, -0.1) is 0 Å². The molecule has 0 aliphatic carbocycles. The molecule has 2 heteroatoms. The molecule has 114 valence electrons. The number of rotatable bonds is 11. The summed E-state index contributed by atoms with van der Waals surface area (Å²) in [6.45, 7) is 7.69. The van der Waals surface area contributed by atoms with Crippen molar-refractivity contribution in [3.05, 3.63) is 35.9 Å². The van der Waals surface area contributed by atoms with Gasteiger partial charge in [-0.1, -0.05) is 69.4 Å². The lowest BCUT2D eigenvalue weighted by Crippen LogP contribution is -2.30. The lowest BCUT2D eigenvalue weighted by molar-refractivity contribution is -0.232. The summed E-state index contributed by atoms with van der Waals surface area (Å²) in [5, 5.41) is 0. The second-order valence-electron chi connectivity index (χ2n) is 5.36. The minimum atomic E-state index is -0.612. The molecule has 1 rings (SSSR count). The highest BCUT2D eigenvalue weighted by molar-refractivity contribution is 5.19. The number of unbranched alkanes of at least 4 members (excludes halogenated alkanes) is 5. The molecule has 0 saturated heterocycles. The van der Waals surface area contributed by atoms with Crippen LogP contribution in [0.15, 0.2) is 30.3 Å². The van der Waals surface area contributed by atoms with E-state index in [1.165, 1.54) is 32.1 Å². The van der Waals surface area contributed by atoms with Crippen molar-refractivity contribution in [3.63, 3.8) is 0 Å². The predicted molar refractivity (Wildman–Crippen MR) is 84.7 cm³/mol. The van der Waals surface area contributed by atoms with Crippen LogP contribution in [0.3, 0.4) is 0 Å². The minimum Gasteiger partial charge on any atom is -0.346 e. The largest absolute Gasteiger partial charge is 0.346 e. The Labute approximate surface area is 124 Å². The van der Waals surface area contributed by atoms with Crippen molar-refractivity contribution in [3.8, 4) is 0 Å². The molecule has 0 amide bonds. The topological polar surface area (TPSA) is 18.5 Å². The van der Waals surface area contributed by atoms with Gasteiger partial charge in [0.05, 0.1) is 6.61 Å². The summed E-state index contributed by atoms with van der Waals surface area (Å²) in [7, 11) is 0. The Kier molecular flexibility index (Phi) is 8.56. The van der Waals surface area contributed by atoms with Gasteiger partial charge in [-0.2, -0.15) is 0 Å². The first-order chi connectivity index (χ1) is 9.73. The van der Waals surface area contributed by atoms with E-state index in [1.54, 1.807) is 0 Å². The molecule has 0 saturated carbocycles. The van der Waals surface area contributed by atoms with E-state index in [1.807, 2.05) is 32.0 Å². The fourth-order valence-corrected chi connectivity index (χ4v) is 2.37. The van der Waals surface area contributed by atoms with Crippen molar-refractivity contribution in [1.29, 1.82) is 0 Å². The van der Waals surface area contributed by atoms with E-state index in [4.69, 9.17) is 9.47 Å². The van der Waals surface area contributed by atoms with Gasteiger partial charge in [0.25, 0.3) is 0 Å². The summed E-state index contributed by atoms with van der Waals surface area (Å²) in [6.07, 6.45) is 7.66. The highest BCUT2D eigenvalue weighted by Gasteiger charge is 2.27. The SMILES string of the molecule is CCCCCCCCOC(C)(OCC)c1ccccc1. The molecule has 2 nitrogen and oxygen atoms in total. The van der Waals surface area contributed by atoms with Gasteiger partial charge >= 0.3 is 0 Å². The molecule has 0 radical (unpaired) electrons. The molecule has 0 aliphatic heterocycles. The average molecular weight is 278 g/mol. The Morgan fingerprint density at radius 3 is 2.15 bits per heavy atom. The monoisotopic (exact) mass is 278 g/mol. The van der Waals surface area contributed by atoms with Crippen LogP contribution in [-0.4, -0.2) is 13.2 Å². The molecule has 0 aliphatic rings. The second kappa shape index (κ2) is 9.95. The summed E-state index contributed by atoms with van der Waals surface area (Å²) < 4.78 is 11.9.